The van der Waals surface area contributed by atoms with Crippen molar-refractivity contribution in [3.05, 3.63) is 42.2 Å². The molecule has 126 valence electrons. The number of hydrogen-bond acceptors (Lipinski definition) is 4. The molecule has 2 heterocycles. The Bertz CT molecular complexity index is 751. The van der Waals surface area contributed by atoms with Gasteiger partial charge in [0.2, 0.25) is 5.91 Å². The number of nitrogens with one attached hydrogen (secondary N) is 1. The number of nitrogens with zero attached hydrogens (tertiary/aromatic N) is 1. The van der Waals surface area contributed by atoms with Gasteiger partial charge in [0, 0.05) is 38.0 Å². The molecule has 0 atom stereocenters. The lowest BCUT2D eigenvalue weighted by atomic mass is 10.0. The van der Waals surface area contributed by atoms with E-state index in [0.717, 1.165) is 23.4 Å². The highest BCUT2D eigenvalue weighted by atomic mass is 16.5. The number of fused-ring (bicyclic) bond motifs is 1. The quantitative estimate of drug-likeness (QED) is 0.654. The van der Waals surface area contributed by atoms with Gasteiger partial charge < -0.3 is 19.4 Å². The molecule has 1 aliphatic rings. The molecule has 1 aromatic carbocycles. The molecule has 1 aliphatic heterocycles. The fourth-order valence-electron chi connectivity index (χ4n) is 2.58. The van der Waals surface area contributed by atoms with Gasteiger partial charge in [0.1, 0.15) is 11.5 Å². The smallest absolute Gasteiger partial charge is 0.311 e. The van der Waals surface area contributed by atoms with Crippen molar-refractivity contribution in [2.24, 2.45) is 7.05 Å². The summed E-state index contributed by atoms with van der Waals surface area (Å²) in [6.07, 6.45) is 5.68. The van der Waals surface area contributed by atoms with Crippen LogP contribution in [0.1, 0.15) is 24.8 Å². The van der Waals surface area contributed by atoms with Gasteiger partial charge in [0.15, 0.2) is 0 Å². The van der Waals surface area contributed by atoms with E-state index in [1.54, 1.807) is 12.3 Å². The van der Waals surface area contributed by atoms with Crippen LogP contribution in [-0.2, 0) is 23.1 Å². The maximum atomic E-state index is 11.7. The first-order valence-electron chi connectivity index (χ1n) is 7.98. The van der Waals surface area contributed by atoms with Crippen molar-refractivity contribution >= 4 is 17.6 Å². The highest BCUT2D eigenvalue weighted by Gasteiger charge is 2.15. The molecule has 0 aliphatic carbocycles. The zero-order valence-electron chi connectivity index (χ0n) is 13.6. The standard InChI is InChI=1S/C18H20N2O4/c1-20-9-8-15(12-20)24-18(22)3-2-10-23-14-5-6-16-13(11-14)4-7-17(21)19-16/h5-6,8-9,11-12H,2-4,7,10H2,1H3,(H,19,21). The maximum absolute atomic E-state index is 11.7. The van der Waals surface area contributed by atoms with Gasteiger partial charge in [-0.05, 0) is 42.7 Å². The van der Waals surface area contributed by atoms with Crippen LogP contribution in [0, 0.1) is 0 Å². The fraction of sp³-hybridized carbons (Fsp3) is 0.333. The molecule has 1 amide bonds. The first-order valence-corrected chi connectivity index (χ1v) is 7.98. The van der Waals surface area contributed by atoms with Crippen LogP contribution in [0.15, 0.2) is 36.7 Å². The molecular formula is C18H20N2O4. The molecule has 0 saturated carbocycles. The number of esters is 1. The first-order chi connectivity index (χ1) is 11.6. The van der Waals surface area contributed by atoms with E-state index in [0.29, 0.717) is 31.6 Å². The third kappa shape index (κ3) is 4.16. The number of hydrogen-bond donors (Lipinski definition) is 1. The van der Waals surface area contributed by atoms with E-state index in [1.807, 2.05) is 36.0 Å². The van der Waals surface area contributed by atoms with Crippen LogP contribution >= 0.6 is 0 Å². The third-order valence-electron chi connectivity index (χ3n) is 3.80. The lowest BCUT2D eigenvalue weighted by Crippen LogP contribution is -2.18. The SMILES string of the molecule is Cn1ccc(OC(=O)CCCOc2ccc3c(c2)CCC(=O)N3)c1. The molecule has 6 nitrogen and oxygen atoms in total. The van der Waals surface area contributed by atoms with Crippen LogP contribution in [0.3, 0.4) is 0 Å². The molecule has 3 rings (SSSR count). The van der Waals surface area contributed by atoms with Crippen LogP contribution in [0.4, 0.5) is 5.69 Å². The minimum Gasteiger partial charge on any atom is -0.494 e. The van der Waals surface area contributed by atoms with Crippen LogP contribution in [0.5, 0.6) is 11.5 Å². The highest BCUT2D eigenvalue weighted by Crippen LogP contribution is 2.26. The predicted octanol–water partition coefficient (Wildman–Crippen LogP) is 2.67. The van der Waals surface area contributed by atoms with Crippen LogP contribution < -0.4 is 14.8 Å². The molecule has 6 heteroatoms. The van der Waals surface area contributed by atoms with E-state index in [-0.39, 0.29) is 11.9 Å². The second-order valence-corrected chi connectivity index (χ2v) is 5.81. The monoisotopic (exact) mass is 328 g/mol. The van der Waals surface area contributed by atoms with Crippen molar-refractivity contribution in [2.75, 3.05) is 11.9 Å². The molecule has 0 unspecified atom stereocenters. The largest absolute Gasteiger partial charge is 0.494 e. The molecular weight excluding hydrogens is 308 g/mol. The van der Waals surface area contributed by atoms with E-state index < -0.39 is 0 Å². The number of amides is 1. The average Bonchev–Trinajstić information content (AvgIpc) is 2.96. The summed E-state index contributed by atoms with van der Waals surface area (Å²) in [7, 11) is 1.87. The summed E-state index contributed by atoms with van der Waals surface area (Å²) in [5.74, 6) is 1.09. The van der Waals surface area contributed by atoms with Gasteiger partial charge >= 0.3 is 5.97 Å². The van der Waals surface area contributed by atoms with Crippen molar-refractivity contribution in [2.45, 2.75) is 25.7 Å². The second kappa shape index (κ2) is 7.21. The molecule has 0 fully saturated rings. The second-order valence-electron chi connectivity index (χ2n) is 5.81. The van der Waals surface area contributed by atoms with E-state index in [9.17, 15) is 9.59 Å². The number of carbonyl (C=O) groups excluding carboxylic acids is 2. The number of aromatic nitrogens is 1. The lowest BCUT2D eigenvalue weighted by molar-refractivity contribution is -0.134. The number of carbonyl (C=O) groups is 2. The predicted molar refractivity (Wildman–Crippen MR) is 89.2 cm³/mol. The van der Waals surface area contributed by atoms with E-state index >= 15 is 0 Å². The van der Waals surface area contributed by atoms with Crippen molar-refractivity contribution in [3.63, 3.8) is 0 Å². The molecule has 1 aromatic heterocycles. The minimum atomic E-state index is -0.266. The summed E-state index contributed by atoms with van der Waals surface area (Å²) in [5.41, 5.74) is 1.93. The van der Waals surface area contributed by atoms with Gasteiger partial charge in [0.05, 0.1) is 6.61 Å². The third-order valence-corrected chi connectivity index (χ3v) is 3.80. The van der Waals surface area contributed by atoms with Crippen LogP contribution in [-0.4, -0.2) is 23.1 Å². The van der Waals surface area contributed by atoms with E-state index in [2.05, 4.69) is 5.32 Å². The Labute approximate surface area is 140 Å². The Balaban J connectivity index is 1.42. The zero-order valence-corrected chi connectivity index (χ0v) is 13.6. The number of aryl methyl sites for hydroxylation is 2. The van der Waals surface area contributed by atoms with E-state index in [1.165, 1.54) is 0 Å². The lowest BCUT2D eigenvalue weighted by Gasteiger charge is -2.17. The van der Waals surface area contributed by atoms with Gasteiger partial charge in [0.25, 0.3) is 0 Å². The van der Waals surface area contributed by atoms with Crippen LogP contribution in [0.2, 0.25) is 0 Å². The number of ether oxygens (including phenoxy) is 2. The summed E-state index contributed by atoms with van der Waals surface area (Å²) < 4.78 is 12.7. The van der Waals surface area contributed by atoms with Gasteiger partial charge in [-0.1, -0.05) is 0 Å². The van der Waals surface area contributed by atoms with Crippen molar-refractivity contribution in [1.29, 1.82) is 0 Å². The van der Waals surface area contributed by atoms with Gasteiger partial charge in [-0.2, -0.15) is 0 Å². The number of benzene rings is 1. The Morgan fingerprint density at radius 1 is 1.25 bits per heavy atom. The molecule has 0 bridgehead atoms. The number of rotatable bonds is 6. The molecule has 0 radical (unpaired) electrons. The summed E-state index contributed by atoms with van der Waals surface area (Å²) in [6.45, 7) is 0.440. The normalized spacial score (nSPS) is 13.1. The van der Waals surface area contributed by atoms with Gasteiger partial charge in [-0.25, -0.2) is 0 Å². The number of anilines is 1. The van der Waals surface area contributed by atoms with Gasteiger partial charge in [-0.15, -0.1) is 0 Å². The maximum Gasteiger partial charge on any atom is 0.311 e. The summed E-state index contributed by atoms with van der Waals surface area (Å²) >= 11 is 0. The Kier molecular flexibility index (Phi) is 4.84. The fourth-order valence-corrected chi connectivity index (χ4v) is 2.58. The molecule has 1 N–H and O–H groups in total. The van der Waals surface area contributed by atoms with Crippen molar-refractivity contribution in [1.82, 2.24) is 4.57 Å². The highest BCUT2D eigenvalue weighted by molar-refractivity contribution is 5.94. The van der Waals surface area contributed by atoms with E-state index in [4.69, 9.17) is 9.47 Å². The topological polar surface area (TPSA) is 69.6 Å². The summed E-state index contributed by atoms with van der Waals surface area (Å²) in [4.78, 5) is 23.1. The molecule has 0 spiro atoms. The van der Waals surface area contributed by atoms with Crippen molar-refractivity contribution < 1.29 is 19.1 Å². The minimum absolute atomic E-state index is 0.0492. The first kappa shape index (κ1) is 16.1. The van der Waals surface area contributed by atoms with Gasteiger partial charge in [-0.3, -0.25) is 9.59 Å². The Morgan fingerprint density at radius 3 is 2.92 bits per heavy atom. The average molecular weight is 328 g/mol. The summed E-state index contributed by atoms with van der Waals surface area (Å²) in [5, 5.41) is 2.84. The molecule has 24 heavy (non-hydrogen) atoms. The Hall–Kier alpha value is -2.76. The zero-order chi connectivity index (χ0) is 16.9. The Morgan fingerprint density at radius 2 is 2.12 bits per heavy atom. The van der Waals surface area contributed by atoms with Crippen LogP contribution in [0.25, 0.3) is 0 Å². The molecule has 2 aromatic rings. The molecule has 0 saturated heterocycles. The van der Waals surface area contributed by atoms with Crippen molar-refractivity contribution in [3.8, 4) is 11.5 Å². The summed E-state index contributed by atoms with van der Waals surface area (Å²) in [6, 6.07) is 7.37.